The lowest BCUT2D eigenvalue weighted by Crippen LogP contribution is -2.30. The van der Waals surface area contributed by atoms with Gasteiger partial charge in [-0.05, 0) is 56.2 Å². The largest absolute Gasteiger partial charge is 0.508 e. The average molecular weight is 435 g/mol. The molecule has 2 rings (SSSR count). The fourth-order valence-electron chi connectivity index (χ4n) is 1.87. The topological polar surface area (TPSA) is 127 Å². The quantitative estimate of drug-likeness (QED) is 0.286. The van der Waals surface area contributed by atoms with Gasteiger partial charge in [0.2, 0.25) is 0 Å². The molecule has 6 nitrogen and oxygen atoms in total. The van der Waals surface area contributed by atoms with Crippen molar-refractivity contribution in [3.8, 4) is 11.5 Å². The second-order valence-corrected chi connectivity index (χ2v) is 6.13. The van der Waals surface area contributed by atoms with Crippen LogP contribution in [0.2, 0.25) is 0 Å². The number of aromatic hydroxyl groups is 2. The minimum atomic E-state index is -0.440. The molecule has 1 atom stereocenters. The van der Waals surface area contributed by atoms with Crippen LogP contribution in [-0.4, -0.2) is 27.8 Å². The number of Topliss-reactive ketones (excluding diaryl/α,β-unsaturated/α-hetero) is 2. The maximum absolute atomic E-state index is 10.8. The second kappa shape index (κ2) is 20.4. The number of phenols is 2. The molecule has 6 heteroatoms. The van der Waals surface area contributed by atoms with E-state index in [1.807, 2.05) is 27.7 Å². The second-order valence-electron chi connectivity index (χ2n) is 6.13. The molecule has 0 saturated heterocycles. The van der Waals surface area contributed by atoms with Gasteiger partial charge < -0.3 is 21.7 Å². The van der Waals surface area contributed by atoms with Crippen molar-refractivity contribution in [2.24, 2.45) is 5.73 Å². The number of hydrogen-bond acceptors (Lipinski definition) is 6. The molecule has 176 valence electrons. The van der Waals surface area contributed by atoms with Crippen LogP contribution in [0.4, 0.5) is 5.69 Å². The highest BCUT2D eigenvalue weighted by atomic mass is 16.3. The van der Waals surface area contributed by atoms with Gasteiger partial charge in [0.05, 0.1) is 11.6 Å². The number of carbonyl (C=O) groups excluding carboxylic acids is 2. The lowest BCUT2D eigenvalue weighted by molar-refractivity contribution is -0.118. The first-order chi connectivity index (χ1) is 14.6. The Morgan fingerprint density at radius 1 is 0.903 bits per heavy atom. The van der Waals surface area contributed by atoms with Gasteiger partial charge in [-0.25, -0.2) is 0 Å². The lowest BCUT2D eigenvalue weighted by atomic mass is 10.0. The number of rotatable bonds is 4. The average Bonchev–Trinajstić information content (AvgIpc) is 2.75. The highest BCUT2D eigenvalue weighted by Gasteiger charge is 2.08. The van der Waals surface area contributed by atoms with Gasteiger partial charge in [-0.15, -0.1) is 0 Å². The molecule has 31 heavy (non-hydrogen) atoms. The summed E-state index contributed by atoms with van der Waals surface area (Å²) in [6.07, 6.45) is 1.77. The van der Waals surface area contributed by atoms with Crippen LogP contribution in [-0.2, 0) is 11.2 Å². The maximum atomic E-state index is 10.8. The molecule has 6 N–H and O–H groups in total. The van der Waals surface area contributed by atoms with Crippen LogP contribution in [0, 0.1) is 0 Å². The molecule has 0 aromatic heterocycles. The zero-order valence-electron chi connectivity index (χ0n) is 20.4. The van der Waals surface area contributed by atoms with E-state index in [1.165, 1.54) is 32.4 Å². The summed E-state index contributed by atoms with van der Waals surface area (Å²) in [5, 5.41) is 18.1. The normalized spacial score (nSPS) is 9.58. The standard InChI is InChI=1S/C10H13NO2.C8H9NO2.C3H8.2C2H6/c1-7(12)10(11)6-8-2-4-9(13)5-3-8;1-5(10)7-4-6(9)2-3-8(7)11;1-3-2;2*1-2/h2-5,10,13H,6,11H2,1H3;2-4,11H,9H2,1H3;3H2,1-2H3;2*1-2H3/t10-;;;;/m0..../s1. The summed E-state index contributed by atoms with van der Waals surface area (Å²) in [5.74, 6) is -0.00489. The number of phenolic OH excluding ortho intramolecular Hbond substituents is 2. The molecule has 0 aliphatic carbocycles. The summed E-state index contributed by atoms with van der Waals surface area (Å²) in [6.45, 7) is 15.1. The van der Waals surface area contributed by atoms with Gasteiger partial charge in [0.1, 0.15) is 17.3 Å². The van der Waals surface area contributed by atoms with Crippen molar-refractivity contribution in [1.82, 2.24) is 0 Å². The molecule has 0 aliphatic rings. The van der Waals surface area contributed by atoms with Gasteiger partial charge in [-0.2, -0.15) is 0 Å². The van der Waals surface area contributed by atoms with Crippen LogP contribution in [0.5, 0.6) is 11.5 Å². The SMILES string of the molecule is CC.CC.CC(=O)[C@@H](N)Cc1ccc(O)cc1.CC(=O)c1cc(N)ccc1O.CCC. The van der Waals surface area contributed by atoms with E-state index in [2.05, 4.69) is 13.8 Å². The molecular weight excluding hydrogens is 392 g/mol. The summed E-state index contributed by atoms with van der Waals surface area (Å²) in [5.41, 5.74) is 12.7. The van der Waals surface area contributed by atoms with Crippen molar-refractivity contribution in [1.29, 1.82) is 0 Å². The fraction of sp³-hybridized carbons (Fsp3) is 0.440. The van der Waals surface area contributed by atoms with Gasteiger partial charge in [0.15, 0.2) is 5.78 Å². The number of nitrogen functional groups attached to an aromatic ring is 1. The summed E-state index contributed by atoms with van der Waals surface area (Å²) in [7, 11) is 0. The van der Waals surface area contributed by atoms with Crippen molar-refractivity contribution >= 4 is 17.3 Å². The van der Waals surface area contributed by atoms with E-state index in [0.29, 0.717) is 12.1 Å². The first-order valence-corrected chi connectivity index (χ1v) is 10.8. The molecule has 2 aromatic carbocycles. The van der Waals surface area contributed by atoms with E-state index >= 15 is 0 Å². The Morgan fingerprint density at radius 3 is 1.71 bits per heavy atom. The summed E-state index contributed by atoms with van der Waals surface area (Å²) in [4.78, 5) is 21.6. The predicted octanol–water partition coefficient (Wildman–Crippen LogP) is 5.50. The lowest BCUT2D eigenvalue weighted by Gasteiger charge is -2.07. The van der Waals surface area contributed by atoms with E-state index < -0.39 is 6.04 Å². The van der Waals surface area contributed by atoms with Gasteiger partial charge >= 0.3 is 0 Å². The van der Waals surface area contributed by atoms with E-state index in [4.69, 9.17) is 21.7 Å². The summed E-state index contributed by atoms with van der Waals surface area (Å²) in [6, 6.07) is 10.7. The van der Waals surface area contributed by atoms with E-state index in [0.717, 1.165) is 5.56 Å². The fourth-order valence-corrected chi connectivity index (χ4v) is 1.87. The monoisotopic (exact) mass is 434 g/mol. The van der Waals surface area contributed by atoms with Gasteiger partial charge in [-0.1, -0.05) is 60.1 Å². The number of hydrogen-bond donors (Lipinski definition) is 4. The van der Waals surface area contributed by atoms with Crippen LogP contribution in [0.1, 0.15) is 77.7 Å². The number of ketones is 2. The summed E-state index contributed by atoms with van der Waals surface area (Å²) >= 11 is 0. The molecule has 2 aromatic rings. The number of anilines is 1. The minimum Gasteiger partial charge on any atom is -0.508 e. The van der Waals surface area contributed by atoms with Crippen LogP contribution >= 0.6 is 0 Å². The van der Waals surface area contributed by atoms with Crippen LogP contribution in [0.3, 0.4) is 0 Å². The van der Waals surface area contributed by atoms with Crippen molar-refractivity contribution < 1.29 is 19.8 Å². The zero-order chi connectivity index (χ0) is 25.0. The molecule has 0 aliphatic heterocycles. The number of nitrogens with two attached hydrogens (primary N) is 2. The van der Waals surface area contributed by atoms with E-state index in [-0.39, 0.29) is 28.6 Å². The van der Waals surface area contributed by atoms with Crippen molar-refractivity contribution in [2.45, 2.75) is 74.3 Å². The molecule has 0 radical (unpaired) electrons. The Bertz CT molecular complexity index is 729. The first kappa shape index (κ1) is 32.8. The Kier molecular flexibility index (Phi) is 21.6. The molecule has 0 heterocycles. The van der Waals surface area contributed by atoms with Crippen molar-refractivity contribution in [3.05, 3.63) is 53.6 Å². The Hall–Kier alpha value is -2.86. The third-order valence-corrected chi connectivity index (χ3v) is 3.31. The zero-order valence-corrected chi connectivity index (χ0v) is 20.4. The van der Waals surface area contributed by atoms with Crippen LogP contribution in [0.15, 0.2) is 42.5 Å². The molecule has 0 saturated carbocycles. The van der Waals surface area contributed by atoms with Crippen LogP contribution in [0.25, 0.3) is 0 Å². The number of carbonyl (C=O) groups is 2. The molecule has 0 fully saturated rings. The Balaban J connectivity index is -0.000000396. The molecule has 0 spiro atoms. The number of benzene rings is 2. The molecular formula is C25H42N2O4. The van der Waals surface area contributed by atoms with Gasteiger partial charge in [-0.3, -0.25) is 9.59 Å². The van der Waals surface area contributed by atoms with E-state index in [9.17, 15) is 9.59 Å². The third-order valence-electron chi connectivity index (χ3n) is 3.31. The molecule has 0 bridgehead atoms. The van der Waals surface area contributed by atoms with Gasteiger partial charge in [0.25, 0.3) is 0 Å². The molecule has 0 amide bonds. The predicted molar refractivity (Wildman–Crippen MR) is 132 cm³/mol. The third kappa shape index (κ3) is 16.6. The smallest absolute Gasteiger partial charge is 0.163 e. The van der Waals surface area contributed by atoms with E-state index in [1.54, 1.807) is 30.3 Å². The maximum Gasteiger partial charge on any atom is 0.163 e. The highest BCUT2D eigenvalue weighted by Crippen LogP contribution is 2.19. The van der Waals surface area contributed by atoms with Gasteiger partial charge in [0, 0.05) is 5.69 Å². The molecule has 0 unspecified atom stereocenters. The first-order valence-electron chi connectivity index (χ1n) is 10.8. The van der Waals surface area contributed by atoms with Crippen molar-refractivity contribution in [2.75, 3.05) is 5.73 Å². The van der Waals surface area contributed by atoms with Crippen LogP contribution < -0.4 is 11.5 Å². The van der Waals surface area contributed by atoms with Crippen molar-refractivity contribution in [3.63, 3.8) is 0 Å². The highest BCUT2D eigenvalue weighted by molar-refractivity contribution is 5.97. The minimum absolute atomic E-state index is 0.0203. The summed E-state index contributed by atoms with van der Waals surface area (Å²) < 4.78 is 0. The Labute approximate surface area is 188 Å². The Morgan fingerprint density at radius 2 is 1.35 bits per heavy atom.